The highest BCUT2D eigenvalue weighted by Gasteiger charge is 2.44. The number of carbonyl (C=O) groups excluding carboxylic acids is 4. The van der Waals surface area contributed by atoms with E-state index in [-0.39, 0.29) is 43.0 Å². The van der Waals surface area contributed by atoms with E-state index in [0.29, 0.717) is 22.0 Å². The molecule has 0 radical (unpaired) electrons. The fourth-order valence-electron chi connectivity index (χ4n) is 3.58. The zero-order chi connectivity index (χ0) is 25.5. The summed E-state index contributed by atoms with van der Waals surface area (Å²) in [6, 6.07) is 12.1. The number of amides is 3. The van der Waals surface area contributed by atoms with E-state index < -0.39 is 17.9 Å². The van der Waals surface area contributed by atoms with E-state index in [2.05, 4.69) is 10.6 Å². The van der Waals surface area contributed by atoms with Crippen LogP contribution in [0.3, 0.4) is 0 Å². The summed E-state index contributed by atoms with van der Waals surface area (Å²) in [5.74, 6) is -1.44. The molecule has 0 spiro atoms. The largest absolute Gasteiger partial charge is 0.462 e. The van der Waals surface area contributed by atoms with Gasteiger partial charge in [0, 0.05) is 30.7 Å². The summed E-state index contributed by atoms with van der Waals surface area (Å²) in [4.78, 5) is 52.3. The normalized spacial score (nSPS) is 15.2. The summed E-state index contributed by atoms with van der Waals surface area (Å²) < 4.78 is 4.95. The molecule has 2 aromatic rings. The molecule has 3 amide bonds. The van der Waals surface area contributed by atoms with Crippen molar-refractivity contribution in [2.45, 2.75) is 26.3 Å². The van der Waals surface area contributed by atoms with Crippen LogP contribution in [0.1, 0.15) is 30.6 Å². The van der Waals surface area contributed by atoms with Crippen LogP contribution in [-0.2, 0) is 19.1 Å². The Hall–Kier alpha value is -3.50. The highest BCUT2D eigenvalue weighted by atomic mass is 35.5. The number of nitrogens with zero attached hydrogens (tertiary/aromatic N) is 2. The summed E-state index contributed by atoms with van der Waals surface area (Å²) in [6.07, 6.45) is -0.171. The van der Waals surface area contributed by atoms with Crippen LogP contribution in [-0.4, -0.2) is 59.4 Å². The molecule has 0 unspecified atom stereocenters. The van der Waals surface area contributed by atoms with Gasteiger partial charge in [0.25, 0.3) is 5.91 Å². The molecule has 184 valence electrons. The lowest BCUT2D eigenvalue weighted by atomic mass is 10.1. The van der Waals surface area contributed by atoms with E-state index in [1.54, 1.807) is 60.4 Å². The van der Waals surface area contributed by atoms with Gasteiger partial charge in [0.15, 0.2) is 5.11 Å². The lowest BCUT2D eigenvalue weighted by Gasteiger charge is -2.24. The molecule has 9 nitrogen and oxygen atoms in total. The van der Waals surface area contributed by atoms with Crippen molar-refractivity contribution < 1.29 is 23.9 Å². The highest BCUT2D eigenvalue weighted by Crippen LogP contribution is 2.29. The van der Waals surface area contributed by atoms with E-state index >= 15 is 0 Å². The van der Waals surface area contributed by atoms with Crippen molar-refractivity contribution in [1.82, 2.24) is 10.2 Å². The average Bonchev–Trinajstić information content (AvgIpc) is 3.03. The lowest BCUT2D eigenvalue weighted by Crippen LogP contribution is -2.42. The van der Waals surface area contributed by atoms with Crippen LogP contribution in [0.2, 0.25) is 5.02 Å². The summed E-state index contributed by atoms with van der Waals surface area (Å²) in [5, 5.41) is 6.08. The Morgan fingerprint density at radius 3 is 2.49 bits per heavy atom. The number of hydrogen-bond donors (Lipinski definition) is 2. The first-order chi connectivity index (χ1) is 16.7. The maximum absolute atomic E-state index is 13.3. The molecule has 1 heterocycles. The van der Waals surface area contributed by atoms with Crippen molar-refractivity contribution in [2.24, 2.45) is 0 Å². The predicted octanol–water partition coefficient (Wildman–Crippen LogP) is 2.98. The van der Waals surface area contributed by atoms with Gasteiger partial charge in [-0.25, -0.2) is 4.79 Å². The number of halogens is 1. The van der Waals surface area contributed by atoms with Crippen LogP contribution in [0.5, 0.6) is 0 Å². The molecule has 0 bridgehead atoms. The van der Waals surface area contributed by atoms with Crippen molar-refractivity contribution in [1.29, 1.82) is 0 Å². The molecule has 1 aliphatic heterocycles. The zero-order valence-corrected chi connectivity index (χ0v) is 20.8. The Morgan fingerprint density at radius 2 is 1.86 bits per heavy atom. The average molecular weight is 517 g/mol. The molecule has 2 N–H and O–H groups in total. The summed E-state index contributed by atoms with van der Waals surface area (Å²) in [5.41, 5.74) is 1.32. The van der Waals surface area contributed by atoms with Crippen LogP contribution in [0, 0.1) is 0 Å². The number of benzene rings is 2. The van der Waals surface area contributed by atoms with Crippen LogP contribution >= 0.6 is 23.8 Å². The third-order valence-corrected chi connectivity index (χ3v) is 5.82. The van der Waals surface area contributed by atoms with Crippen LogP contribution in [0.15, 0.2) is 48.5 Å². The number of ether oxygens (including phenoxy) is 1. The number of carbonyl (C=O) groups is 4. The topological polar surface area (TPSA) is 108 Å². The molecule has 3 rings (SSSR count). The number of rotatable bonds is 9. The molecule has 1 fully saturated rings. The SMILES string of the molecule is CCOC(=O)c1ccc(NC(=O)C[C@H]2C(=O)N(c3cccc(Cl)c3)C(=S)N2CCNC(C)=O)cc1. The second kappa shape index (κ2) is 11.8. The number of nitrogens with one attached hydrogen (secondary N) is 2. The maximum atomic E-state index is 13.3. The Kier molecular flexibility index (Phi) is 8.78. The fraction of sp³-hybridized carbons (Fsp3) is 0.292. The molecule has 35 heavy (non-hydrogen) atoms. The van der Waals surface area contributed by atoms with Gasteiger partial charge in [-0.2, -0.15) is 0 Å². The minimum atomic E-state index is -0.867. The minimum absolute atomic E-state index is 0.171. The van der Waals surface area contributed by atoms with Gasteiger partial charge in [-0.05, 0) is 61.6 Å². The molecule has 11 heteroatoms. The van der Waals surface area contributed by atoms with Crippen LogP contribution < -0.4 is 15.5 Å². The second-order valence-electron chi connectivity index (χ2n) is 7.68. The highest BCUT2D eigenvalue weighted by molar-refractivity contribution is 7.80. The maximum Gasteiger partial charge on any atom is 0.338 e. The number of esters is 1. The van der Waals surface area contributed by atoms with E-state index in [4.69, 9.17) is 28.6 Å². The first-order valence-electron chi connectivity index (χ1n) is 10.9. The second-order valence-corrected chi connectivity index (χ2v) is 8.48. The Labute approximate surface area is 213 Å². The van der Waals surface area contributed by atoms with Crippen molar-refractivity contribution in [3.05, 3.63) is 59.1 Å². The standard InChI is InChI=1S/C24H25ClN4O5S/c1-3-34-23(33)16-7-9-18(10-8-16)27-21(31)14-20-22(32)29(19-6-4-5-17(25)13-19)24(35)28(20)12-11-26-15(2)30/h4-10,13,20H,3,11-12,14H2,1-2H3,(H,26,30)(H,27,31)/t20-/m0/s1. The van der Waals surface area contributed by atoms with E-state index in [1.807, 2.05) is 0 Å². The predicted molar refractivity (Wildman–Crippen MR) is 136 cm³/mol. The molecule has 0 aromatic heterocycles. The Bertz CT molecular complexity index is 1140. The third kappa shape index (κ3) is 6.55. The van der Waals surface area contributed by atoms with Gasteiger partial charge in [0.1, 0.15) is 6.04 Å². The van der Waals surface area contributed by atoms with E-state index in [9.17, 15) is 19.2 Å². The van der Waals surface area contributed by atoms with E-state index in [0.717, 1.165) is 0 Å². The van der Waals surface area contributed by atoms with Gasteiger partial charge in [-0.3, -0.25) is 19.3 Å². The number of hydrogen-bond acceptors (Lipinski definition) is 6. The first-order valence-corrected chi connectivity index (χ1v) is 11.7. The fourth-order valence-corrected chi connectivity index (χ4v) is 4.18. The Morgan fingerprint density at radius 1 is 1.14 bits per heavy atom. The van der Waals surface area contributed by atoms with Crippen LogP contribution in [0.4, 0.5) is 11.4 Å². The van der Waals surface area contributed by atoms with Crippen molar-refractivity contribution in [3.8, 4) is 0 Å². The van der Waals surface area contributed by atoms with Gasteiger partial charge < -0.3 is 20.3 Å². The molecule has 1 atom stereocenters. The zero-order valence-electron chi connectivity index (χ0n) is 19.2. The lowest BCUT2D eigenvalue weighted by molar-refractivity contribution is -0.124. The Balaban J connectivity index is 1.75. The van der Waals surface area contributed by atoms with Crippen LogP contribution in [0.25, 0.3) is 0 Å². The van der Waals surface area contributed by atoms with Gasteiger partial charge >= 0.3 is 5.97 Å². The molecular formula is C24H25ClN4O5S. The quantitative estimate of drug-likeness (QED) is 0.389. The number of thiocarbonyl (C=S) groups is 1. The van der Waals surface area contributed by atoms with Gasteiger partial charge in [0.2, 0.25) is 11.8 Å². The number of anilines is 2. The molecular weight excluding hydrogens is 492 g/mol. The minimum Gasteiger partial charge on any atom is -0.462 e. The van der Waals surface area contributed by atoms with Gasteiger partial charge in [-0.1, -0.05) is 17.7 Å². The molecule has 0 saturated carbocycles. The molecule has 1 saturated heterocycles. The van der Waals surface area contributed by atoms with Crippen molar-refractivity contribution in [3.63, 3.8) is 0 Å². The first kappa shape index (κ1) is 26.1. The summed E-state index contributed by atoms with van der Waals surface area (Å²) >= 11 is 11.7. The van der Waals surface area contributed by atoms with Crippen molar-refractivity contribution >= 4 is 64.0 Å². The van der Waals surface area contributed by atoms with Crippen molar-refractivity contribution in [2.75, 3.05) is 29.9 Å². The third-order valence-electron chi connectivity index (χ3n) is 5.17. The molecule has 1 aliphatic rings. The van der Waals surface area contributed by atoms with Gasteiger partial charge in [0.05, 0.1) is 24.3 Å². The summed E-state index contributed by atoms with van der Waals surface area (Å²) in [7, 11) is 0. The van der Waals surface area contributed by atoms with E-state index in [1.165, 1.54) is 11.8 Å². The van der Waals surface area contributed by atoms with Gasteiger partial charge in [-0.15, -0.1) is 0 Å². The molecule has 2 aromatic carbocycles. The molecule has 0 aliphatic carbocycles. The monoisotopic (exact) mass is 516 g/mol. The summed E-state index contributed by atoms with van der Waals surface area (Å²) in [6.45, 7) is 3.87. The smallest absolute Gasteiger partial charge is 0.338 e.